The van der Waals surface area contributed by atoms with Crippen LogP contribution in [0.5, 0.6) is 0 Å². The zero-order chi connectivity index (χ0) is 18.1. The molecule has 3 rings (SSSR count). The number of aryl methyl sites for hydroxylation is 2. The van der Waals surface area contributed by atoms with Gasteiger partial charge in [-0.3, -0.25) is 14.5 Å². The van der Waals surface area contributed by atoms with E-state index in [0.717, 1.165) is 16.7 Å². The Morgan fingerprint density at radius 2 is 1.84 bits per heavy atom. The molecule has 0 radical (unpaired) electrons. The van der Waals surface area contributed by atoms with E-state index in [9.17, 15) is 14.7 Å². The summed E-state index contributed by atoms with van der Waals surface area (Å²) in [5, 5.41) is 10.5. The quantitative estimate of drug-likeness (QED) is 0.912. The lowest BCUT2D eigenvalue weighted by molar-refractivity contribution is -0.118. The number of aliphatic hydroxyl groups is 1. The molecule has 1 N–H and O–H groups in total. The highest BCUT2D eigenvalue weighted by molar-refractivity contribution is 6.16. The van der Waals surface area contributed by atoms with Gasteiger partial charge in [0, 0.05) is 12.1 Å². The SMILES string of the molecule is CCC(=O)C1=C(O)C(=O)N(c2ccccc2C)C1c1cccc(C)c1. The molecule has 0 spiro atoms. The molecular weight excluding hydrogens is 314 g/mol. The molecule has 128 valence electrons. The number of carbonyl (C=O) groups is 2. The molecule has 1 unspecified atom stereocenters. The predicted molar refractivity (Wildman–Crippen MR) is 97.5 cm³/mol. The molecule has 1 atom stereocenters. The zero-order valence-electron chi connectivity index (χ0n) is 14.6. The number of hydrogen-bond acceptors (Lipinski definition) is 3. The fourth-order valence-corrected chi connectivity index (χ4v) is 3.32. The van der Waals surface area contributed by atoms with Gasteiger partial charge < -0.3 is 5.11 Å². The van der Waals surface area contributed by atoms with E-state index in [2.05, 4.69) is 0 Å². The van der Waals surface area contributed by atoms with E-state index in [1.54, 1.807) is 6.92 Å². The van der Waals surface area contributed by atoms with Crippen LogP contribution >= 0.6 is 0 Å². The summed E-state index contributed by atoms with van der Waals surface area (Å²) in [4.78, 5) is 26.9. The maximum absolute atomic E-state index is 12.8. The van der Waals surface area contributed by atoms with Crippen LogP contribution in [0.2, 0.25) is 0 Å². The highest BCUT2D eigenvalue weighted by atomic mass is 16.3. The Morgan fingerprint density at radius 3 is 2.48 bits per heavy atom. The molecule has 25 heavy (non-hydrogen) atoms. The van der Waals surface area contributed by atoms with Crippen molar-refractivity contribution >= 4 is 17.4 Å². The van der Waals surface area contributed by atoms with Crippen LogP contribution in [0, 0.1) is 13.8 Å². The smallest absolute Gasteiger partial charge is 0.294 e. The summed E-state index contributed by atoms with van der Waals surface area (Å²) in [7, 11) is 0. The first-order valence-electron chi connectivity index (χ1n) is 8.37. The number of benzene rings is 2. The van der Waals surface area contributed by atoms with Gasteiger partial charge in [-0.25, -0.2) is 0 Å². The maximum Gasteiger partial charge on any atom is 0.294 e. The van der Waals surface area contributed by atoms with Gasteiger partial charge in [0.25, 0.3) is 5.91 Å². The van der Waals surface area contributed by atoms with Crippen molar-refractivity contribution in [2.75, 3.05) is 4.90 Å². The number of hydrogen-bond donors (Lipinski definition) is 1. The van der Waals surface area contributed by atoms with Crippen molar-refractivity contribution in [2.24, 2.45) is 0 Å². The second kappa shape index (κ2) is 6.55. The molecule has 0 aliphatic carbocycles. The van der Waals surface area contributed by atoms with Gasteiger partial charge in [-0.15, -0.1) is 0 Å². The van der Waals surface area contributed by atoms with Gasteiger partial charge in [-0.2, -0.15) is 0 Å². The minimum atomic E-state index is -0.610. The van der Waals surface area contributed by atoms with Crippen molar-refractivity contribution in [1.82, 2.24) is 0 Å². The summed E-state index contributed by atoms with van der Waals surface area (Å²) in [6.45, 7) is 5.60. The number of rotatable bonds is 4. The third kappa shape index (κ3) is 2.84. The minimum absolute atomic E-state index is 0.182. The Morgan fingerprint density at radius 1 is 1.12 bits per heavy atom. The molecule has 4 heteroatoms. The molecule has 1 heterocycles. The molecule has 0 fully saturated rings. The van der Waals surface area contributed by atoms with Gasteiger partial charge in [0.05, 0.1) is 11.6 Å². The number of carbonyl (C=O) groups excluding carboxylic acids is 2. The average molecular weight is 335 g/mol. The molecule has 1 aliphatic heterocycles. The van der Waals surface area contributed by atoms with E-state index < -0.39 is 17.7 Å². The van der Waals surface area contributed by atoms with Gasteiger partial charge in [-0.05, 0) is 31.0 Å². The van der Waals surface area contributed by atoms with E-state index in [-0.39, 0.29) is 17.8 Å². The van der Waals surface area contributed by atoms with Gasteiger partial charge in [0.1, 0.15) is 0 Å². The number of amides is 1. The molecule has 0 bridgehead atoms. The molecule has 4 nitrogen and oxygen atoms in total. The number of Topliss-reactive ketones (excluding diaryl/α,β-unsaturated/α-hetero) is 1. The summed E-state index contributed by atoms with van der Waals surface area (Å²) >= 11 is 0. The Bertz CT molecular complexity index is 882. The molecule has 0 saturated heterocycles. The van der Waals surface area contributed by atoms with Crippen LogP contribution < -0.4 is 4.90 Å². The van der Waals surface area contributed by atoms with Crippen LogP contribution in [0.1, 0.15) is 36.1 Å². The number of para-hydroxylation sites is 1. The molecule has 2 aromatic carbocycles. The van der Waals surface area contributed by atoms with Gasteiger partial charge in [0.15, 0.2) is 11.5 Å². The lowest BCUT2D eigenvalue weighted by Crippen LogP contribution is -2.31. The lowest BCUT2D eigenvalue weighted by Gasteiger charge is -2.28. The van der Waals surface area contributed by atoms with Crippen molar-refractivity contribution in [3.63, 3.8) is 0 Å². The van der Waals surface area contributed by atoms with Crippen LogP contribution in [0.15, 0.2) is 59.9 Å². The normalized spacial score (nSPS) is 17.3. The van der Waals surface area contributed by atoms with Crippen LogP contribution in [0.4, 0.5) is 5.69 Å². The number of ketones is 1. The van der Waals surface area contributed by atoms with Crippen LogP contribution in [0.3, 0.4) is 0 Å². The van der Waals surface area contributed by atoms with Gasteiger partial charge in [0.2, 0.25) is 0 Å². The maximum atomic E-state index is 12.8. The van der Waals surface area contributed by atoms with E-state index in [0.29, 0.717) is 5.69 Å². The third-order valence-corrected chi connectivity index (χ3v) is 4.56. The fourth-order valence-electron chi connectivity index (χ4n) is 3.32. The van der Waals surface area contributed by atoms with E-state index >= 15 is 0 Å². The number of aliphatic hydroxyl groups excluding tert-OH is 1. The van der Waals surface area contributed by atoms with E-state index in [1.807, 2.05) is 62.4 Å². The van der Waals surface area contributed by atoms with Crippen molar-refractivity contribution < 1.29 is 14.7 Å². The Balaban J connectivity index is 2.23. The first kappa shape index (κ1) is 17.0. The third-order valence-electron chi connectivity index (χ3n) is 4.56. The van der Waals surface area contributed by atoms with Crippen molar-refractivity contribution in [3.8, 4) is 0 Å². The monoisotopic (exact) mass is 335 g/mol. The summed E-state index contributed by atoms with van der Waals surface area (Å²) < 4.78 is 0. The van der Waals surface area contributed by atoms with E-state index in [1.165, 1.54) is 4.90 Å². The van der Waals surface area contributed by atoms with Crippen molar-refractivity contribution in [1.29, 1.82) is 0 Å². The Labute approximate surface area is 147 Å². The molecule has 1 amide bonds. The summed E-state index contributed by atoms with van der Waals surface area (Å²) in [5.74, 6) is -1.19. The predicted octanol–water partition coefficient (Wildman–Crippen LogP) is 4.18. The highest BCUT2D eigenvalue weighted by Crippen LogP contribution is 2.42. The molecule has 2 aromatic rings. The minimum Gasteiger partial charge on any atom is -0.503 e. The Hall–Kier alpha value is -2.88. The number of nitrogens with zero attached hydrogens (tertiary/aromatic N) is 1. The van der Waals surface area contributed by atoms with Crippen molar-refractivity contribution in [2.45, 2.75) is 33.2 Å². The summed E-state index contributed by atoms with van der Waals surface area (Å²) in [5.41, 5.74) is 3.64. The van der Waals surface area contributed by atoms with E-state index in [4.69, 9.17) is 0 Å². The van der Waals surface area contributed by atoms with Crippen LogP contribution in [-0.4, -0.2) is 16.8 Å². The Kier molecular flexibility index (Phi) is 4.45. The second-order valence-corrected chi connectivity index (χ2v) is 6.32. The highest BCUT2D eigenvalue weighted by Gasteiger charge is 2.44. The summed E-state index contributed by atoms with van der Waals surface area (Å²) in [6.07, 6.45) is 0.233. The topological polar surface area (TPSA) is 57.6 Å². The molecular formula is C21H21NO3. The first-order valence-corrected chi connectivity index (χ1v) is 8.37. The van der Waals surface area contributed by atoms with Gasteiger partial charge >= 0.3 is 0 Å². The van der Waals surface area contributed by atoms with Crippen molar-refractivity contribution in [3.05, 3.63) is 76.6 Å². The van der Waals surface area contributed by atoms with Crippen LogP contribution in [-0.2, 0) is 9.59 Å². The zero-order valence-corrected chi connectivity index (χ0v) is 14.6. The van der Waals surface area contributed by atoms with Crippen LogP contribution in [0.25, 0.3) is 0 Å². The molecule has 0 saturated carbocycles. The second-order valence-electron chi connectivity index (χ2n) is 6.32. The standard InChI is InChI=1S/C21H21NO3/c1-4-17(23)18-19(15-10-7-8-13(2)12-15)22(21(25)20(18)24)16-11-6-5-9-14(16)3/h5-12,19,24H,4H2,1-3H3. The van der Waals surface area contributed by atoms with Gasteiger partial charge in [-0.1, -0.05) is 55.0 Å². The molecule has 1 aliphatic rings. The lowest BCUT2D eigenvalue weighted by atomic mass is 9.93. The fraction of sp³-hybridized carbons (Fsp3) is 0.238. The molecule has 0 aromatic heterocycles. The summed E-state index contributed by atoms with van der Waals surface area (Å²) in [6, 6.07) is 14.6. The largest absolute Gasteiger partial charge is 0.503 e. The first-order chi connectivity index (χ1) is 12.0. The number of anilines is 1. The average Bonchev–Trinajstić information content (AvgIpc) is 2.86.